The van der Waals surface area contributed by atoms with Gasteiger partial charge in [0.05, 0.1) is 0 Å². The van der Waals surface area contributed by atoms with E-state index in [4.69, 9.17) is 0 Å². The van der Waals surface area contributed by atoms with Gasteiger partial charge in [0.2, 0.25) is 0 Å². The van der Waals surface area contributed by atoms with Gasteiger partial charge in [-0.3, -0.25) is 0 Å². The maximum atomic E-state index is 3.57. The Labute approximate surface area is 83.2 Å². The highest BCUT2D eigenvalue weighted by atomic mass is 32.1. The van der Waals surface area contributed by atoms with Gasteiger partial charge >= 0.3 is 0 Å². The molecule has 70 valence electrons. The van der Waals surface area contributed by atoms with Gasteiger partial charge in [-0.25, -0.2) is 0 Å². The van der Waals surface area contributed by atoms with Crippen LogP contribution in [0.1, 0.15) is 35.7 Å². The maximum absolute atomic E-state index is 3.57. The standard InChI is InChI=1S/C11H15NS/c1-8-5-9(6-13-8)10-11(7-12-10)3-2-4-11/h5-6,10,12H,2-4,7H2,1H3. The Morgan fingerprint density at radius 3 is 2.77 bits per heavy atom. The van der Waals surface area contributed by atoms with Crippen LogP contribution in [-0.4, -0.2) is 6.54 Å². The zero-order valence-electron chi connectivity index (χ0n) is 7.97. The molecule has 1 spiro atoms. The van der Waals surface area contributed by atoms with Crippen LogP contribution in [0.25, 0.3) is 0 Å². The molecule has 2 aliphatic rings. The molecule has 0 amide bonds. The van der Waals surface area contributed by atoms with E-state index >= 15 is 0 Å². The van der Waals surface area contributed by atoms with Gasteiger partial charge in [-0.15, -0.1) is 11.3 Å². The van der Waals surface area contributed by atoms with Crippen molar-refractivity contribution in [3.05, 3.63) is 21.9 Å². The van der Waals surface area contributed by atoms with Crippen LogP contribution in [-0.2, 0) is 0 Å². The Bertz CT molecular complexity index is 319. The molecule has 0 radical (unpaired) electrons. The fourth-order valence-corrected chi connectivity index (χ4v) is 3.41. The second-order valence-electron chi connectivity index (χ2n) is 4.52. The largest absolute Gasteiger partial charge is 0.309 e. The maximum Gasteiger partial charge on any atom is 0.0398 e. The summed E-state index contributed by atoms with van der Waals surface area (Å²) in [5, 5.41) is 5.90. The van der Waals surface area contributed by atoms with Crippen LogP contribution < -0.4 is 5.32 Å². The van der Waals surface area contributed by atoms with Crippen LogP contribution in [0.5, 0.6) is 0 Å². The summed E-state index contributed by atoms with van der Waals surface area (Å²) in [5.74, 6) is 0. The van der Waals surface area contributed by atoms with E-state index < -0.39 is 0 Å². The predicted molar refractivity (Wildman–Crippen MR) is 56.1 cm³/mol. The zero-order chi connectivity index (χ0) is 8.89. The highest BCUT2D eigenvalue weighted by molar-refractivity contribution is 7.10. The van der Waals surface area contributed by atoms with Gasteiger partial charge in [-0.1, -0.05) is 6.42 Å². The number of nitrogens with one attached hydrogen (secondary N) is 1. The fourth-order valence-electron chi connectivity index (χ4n) is 2.68. The number of rotatable bonds is 1. The Balaban J connectivity index is 1.86. The van der Waals surface area contributed by atoms with Crippen LogP contribution in [0.3, 0.4) is 0 Å². The summed E-state index contributed by atoms with van der Waals surface area (Å²) in [7, 11) is 0. The van der Waals surface area contributed by atoms with E-state index in [2.05, 4.69) is 23.7 Å². The topological polar surface area (TPSA) is 12.0 Å². The summed E-state index contributed by atoms with van der Waals surface area (Å²) in [6.07, 6.45) is 4.33. The first-order chi connectivity index (χ1) is 6.30. The van der Waals surface area contributed by atoms with Gasteiger partial charge in [-0.05, 0) is 36.8 Å². The van der Waals surface area contributed by atoms with Crippen LogP contribution >= 0.6 is 11.3 Å². The van der Waals surface area contributed by atoms with Crippen molar-refractivity contribution in [2.24, 2.45) is 5.41 Å². The van der Waals surface area contributed by atoms with Crippen molar-refractivity contribution in [1.29, 1.82) is 0 Å². The first-order valence-electron chi connectivity index (χ1n) is 5.09. The van der Waals surface area contributed by atoms with Crippen molar-refractivity contribution in [3.8, 4) is 0 Å². The summed E-state index contributed by atoms with van der Waals surface area (Å²) in [4.78, 5) is 1.44. The van der Waals surface area contributed by atoms with E-state index in [-0.39, 0.29) is 0 Å². The monoisotopic (exact) mass is 193 g/mol. The summed E-state index contributed by atoms with van der Waals surface area (Å²) < 4.78 is 0. The predicted octanol–water partition coefficient (Wildman–Crippen LogP) is 2.87. The quantitative estimate of drug-likeness (QED) is 0.723. The van der Waals surface area contributed by atoms with E-state index in [0.717, 1.165) is 0 Å². The summed E-state index contributed by atoms with van der Waals surface area (Å²) in [5.41, 5.74) is 2.21. The van der Waals surface area contributed by atoms with Gasteiger partial charge in [-0.2, -0.15) is 0 Å². The SMILES string of the molecule is Cc1cc(C2NCC23CCC3)cs1. The van der Waals surface area contributed by atoms with Gasteiger partial charge < -0.3 is 5.32 Å². The van der Waals surface area contributed by atoms with Crippen LogP contribution in [0.2, 0.25) is 0 Å². The molecule has 1 unspecified atom stereocenters. The molecular formula is C11H15NS. The number of thiophene rings is 1. The first kappa shape index (κ1) is 8.01. The number of hydrogen-bond acceptors (Lipinski definition) is 2. The van der Waals surface area contributed by atoms with Crippen molar-refractivity contribution in [1.82, 2.24) is 5.32 Å². The molecule has 2 fully saturated rings. The molecule has 1 saturated heterocycles. The van der Waals surface area contributed by atoms with E-state index in [9.17, 15) is 0 Å². The highest BCUT2D eigenvalue weighted by Gasteiger charge is 2.51. The smallest absolute Gasteiger partial charge is 0.0398 e. The molecular weight excluding hydrogens is 178 g/mol. The zero-order valence-corrected chi connectivity index (χ0v) is 8.79. The molecule has 1 nitrogen and oxygen atoms in total. The summed E-state index contributed by atoms with van der Waals surface area (Å²) in [6.45, 7) is 3.45. The van der Waals surface area contributed by atoms with E-state index in [1.54, 1.807) is 0 Å². The molecule has 1 aromatic rings. The first-order valence-corrected chi connectivity index (χ1v) is 5.97. The number of hydrogen-bond donors (Lipinski definition) is 1. The third-order valence-corrected chi connectivity index (χ3v) is 4.58. The third-order valence-electron chi connectivity index (χ3n) is 3.70. The lowest BCUT2D eigenvalue weighted by molar-refractivity contribution is -0.00545. The molecule has 1 aliphatic heterocycles. The second-order valence-corrected chi connectivity index (χ2v) is 5.64. The van der Waals surface area contributed by atoms with Crippen LogP contribution in [0.4, 0.5) is 0 Å². The van der Waals surface area contributed by atoms with Crippen molar-refractivity contribution in [2.45, 2.75) is 32.2 Å². The van der Waals surface area contributed by atoms with Gasteiger partial charge in [0.1, 0.15) is 0 Å². The molecule has 13 heavy (non-hydrogen) atoms. The Morgan fingerprint density at radius 1 is 1.54 bits per heavy atom. The average Bonchev–Trinajstić information content (AvgIpc) is 2.30. The van der Waals surface area contributed by atoms with Crippen molar-refractivity contribution >= 4 is 11.3 Å². The molecule has 1 N–H and O–H groups in total. The highest BCUT2D eigenvalue weighted by Crippen LogP contribution is 2.55. The van der Waals surface area contributed by atoms with E-state index in [0.29, 0.717) is 11.5 Å². The van der Waals surface area contributed by atoms with Gasteiger partial charge in [0, 0.05) is 22.9 Å². The molecule has 2 heteroatoms. The molecule has 1 saturated carbocycles. The molecule has 2 heterocycles. The minimum absolute atomic E-state index is 0.674. The molecule has 0 bridgehead atoms. The van der Waals surface area contributed by atoms with E-state index in [1.165, 1.54) is 36.2 Å². The van der Waals surface area contributed by atoms with Crippen molar-refractivity contribution in [2.75, 3.05) is 6.54 Å². The average molecular weight is 193 g/mol. The lowest BCUT2D eigenvalue weighted by atomic mass is 9.58. The summed E-state index contributed by atoms with van der Waals surface area (Å²) in [6, 6.07) is 3.04. The van der Waals surface area contributed by atoms with Gasteiger partial charge in [0.15, 0.2) is 0 Å². The lowest BCUT2D eigenvalue weighted by Crippen LogP contribution is -2.59. The molecule has 1 aliphatic carbocycles. The summed E-state index contributed by atoms with van der Waals surface area (Å²) >= 11 is 1.88. The number of aryl methyl sites for hydroxylation is 1. The van der Waals surface area contributed by atoms with Crippen molar-refractivity contribution in [3.63, 3.8) is 0 Å². The third kappa shape index (κ3) is 1.02. The van der Waals surface area contributed by atoms with Crippen LogP contribution in [0.15, 0.2) is 11.4 Å². The Kier molecular flexibility index (Phi) is 1.59. The molecule has 3 rings (SSSR count). The second kappa shape index (κ2) is 2.58. The lowest BCUT2D eigenvalue weighted by Gasteiger charge is -2.56. The Hall–Kier alpha value is -0.340. The fraction of sp³-hybridized carbons (Fsp3) is 0.636. The van der Waals surface area contributed by atoms with Crippen LogP contribution in [0, 0.1) is 12.3 Å². The molecule has 1 atom stereocenters. The molecule has 0 aromatic carbocycles. The minimum Gasteiger partial charge on any atom is -0.309 e. The van der Waals surface area contributed by atoms with Crippen molar-refractivity contribution < 1.29 is 0 Å². The normalized spacial score (nSPS) is 29.8. The Morgan fingerprint density at radius 2 is 2.38 bits per heavy atom. The minimum atomic E-state index is 0.674. The van der Waals surface area contributed by atoms with E-state index in [1.807, 2.05) is 11.3 Å². The van der Waals surface area contributed by atoms with Gasteiger partial charge in [0.25, 0.3) is 0 Å². The molecule has 1 aromatic heterocycles.